The number of aliphatic carboxylic acids is 1. The number of amides is 3. The third kappa shape index (κ3) is 5.01. The van der Waals surface area contributed by atoms with Gasteiger partial charge < -0.3 is 36.4 Å². The number of carboxylic acid groups (broad SMARTS) is 1. The van der Waals surface area contributed by atoms with Crippen LogP contribution in [0, 0.1) is 11.8 Å². The number of carbonyl (C=O) groups excluding carboxylic acids is 3. The molecule has 4 aliphatic heterocycles. The second-order valence-electron chi connectivity index (χ2n) is 10.7. The number of fused-ring (bicyclic) bond motifs is 1. The molecular formula is C23H33N9O6S. The molecule has 6 N–H and O–H groups in total. The van der Waals surface area contributed by atoms with Crippen molar-refractivity contribution in [1.82, 2.24) is 40.6 Å². The fourth-order valence-electron chi connectivity index (χ4n) is 6.24. The highest BCUT2D eigenvalue weighted by molar-refractivity contribution is 8.03. The Morgan fingerprint density at radius 3 is 2.77 bits per heavy atom. The average molecular weight is 564 g/mol. The topological polar surface area (TPSA) is 209 Å². The molecule has 1 aromatic rings. The molecular weight excluding hydrogens is 530 g/mol. The Bertz CT molecular complexity index is 1180. The maximum absolute atomic E-state index is 13.1. The van der Waals surface area contributed by atoms with Crippen molar-refractivity contribution in [2.24, 2.45) is 17.6 Å². The second kappa shape index (κ2) is 10.8. The molecule has 8 atom stereocenters. The van der Waals surface area contributed by atoms with E-state index in [-0.39, 0.29) is 59.8 Å². The third-order valence-corrected chi connectivity index (χ3v) is 9.55. The van der Waals surface area contributed by atoms with Gasteiger partial charge in [0.15, 0.2) is 0 Å². The van der Waals surface area contributed by atoms with Crippen LogP contribution in [0.3, 0.4) is 0 Å². The summed E-state index contributed by atoms with van der Waals surface area (Å²) >= 11 is 1.39. The monoisotopic (exact) mass is 563 g/mol. The molecule has 1 unspecified atom stereocenters. The van der Waals surface area contributed by atoms with E-state index in [0.717, 1.165) is 0 Å². The lowest BCUT2D eigenvalue weighted by atomic mass is 9.78. The first-order valence-electron chi connectivity index (χ1n) is 13.0. The van der Waals surface area contributed by atoms with E-state index in [4.69, 9.17) is 5.73 Å². The molecule has 4 aliphatic rings. The molecule has 3 saturated heterocycles. The zero-order chi connectivity index (χ0) is 28.0. The summed E-state index contributed by atoms with van der Waals surface area (Å²) in [6.45, 7) is 4.29. The summed E-state index contributed by atoms with van der Waals surface area (Å²) < 4.78 is 1.27. The fraction of sp³-hybridized carbons (Fsp3) is 0.696. The lowest BCUT2D eigenvalue weighted by Gasteiger charge is -2.47. The number of rotatable bonds is 9. The van der Waals surface area contributed by atoms with Crippen LogP contribution in [-0.4, -0.2) is 119 Å². The number of aliphatic hydroxyl groups is 1. The van der Waals surface area contributed by atoms with Crippen LogP contribution in [0.5, 0.6) is 0 Å². The Kier molecular flexibility index (Phi) is 7.63. The zero-order valence-corrected chi connectivity index (χ0v) is 22.5. The normalized spacial score (nSPS) is 32.8. The minimum atomic E-state index is -1.18. The van der Waals surface area contributed by atoms with E-state index in [2.05, 4.69) is 26.2 Å². The number of nitrogens with one attached hydrogen (secondary N) is 2. The Hall–Kier alpha value is -3.08. The van der Waals surface area contributed by atoms with Crippen LogP contribution in [0.25, 0.3) is 0 Å². The average Bonchev–Trinajstić information content (AvgIpc) is 3.67. The first-order chi connectivity index (χ1) is 18.6. The number of nitrogens with zero attached hydrogens (tertiary/aromatic N) is 6. The molecule has 0 radical (unpaired) electrons. The number of aromatic nitrogens is 4. The summed E-state index contributed by atoms with van der Waals surface area (Å²) in [5, 5.41) is 36.3. The minimum absolute atomic E-state index is 0.0217. The maximum Gasteiger partial charge on any atom is 0.353 e. The summed E-state index contributed by atoms with van der Waals surface area (Å²) in [4.78, 5) is 54.6. The predicted octanol–water partition coefficient (Wildman–Crippen LogP) is -2.67. The number of hydrogen-bond acceptors (Lipinski definition) is 11. The van der Waals surface area contributed by atoms with E-state index < -0.39 is 30.0 Å². The fourth-order valence-corrected chi connectivity index (χ4v) is 7.72. The molecule has 1 aromatic heterocycles. The molecule has 0 aliphatic carbocycles. The maximum atomic E-state index is 13.1. The molecule has 5 rings (SSSR count). The van der Waals surface area contributed by atoms with Gasteiger partial charge in [0.1, 0.15) is 18.6 Å². The highest BCUT2D eigenvalue weighted by atomic mass is 32.2. The SMILES string of the molecule is CC(NC(=O)Cn1cnnn1)[C@H]1C(=O)N2C(C(=O)O)=C(S[C@@H]3CN[C@H](C(=O)N4C[C@H](N)C[C@H]4CO)C3)[C@H](C)[C@H]12. The van der Waals surface area contributed by atoms with Crippen LogP contribution in [0.4, 0.5) is 0 Å². The van der Waals surface area contributed by atoms with E-state index in [9.17, 15) is 29.4 Å². The van der Waals surface area contributed by atoms with E-state index in [1.807, 2.05) is 6.92 Å². The van der Waals surface area contributed by atoms with Crippen LogP contribution in [-0.2, 0) is 25.7 Å². The molecule has 5 heterocycles. The third-order valence-electron chi connectivity index (χ3n) is 8.04. The van der Waals surface area contributed by atoms with Crippen molar-refractivity contribution in [3.63, 3.8) is 0 Å². The Labute approximate surface area is 228 Å². The first kappa shape index (κ1) is 27.5. The highest BCUT2D eigenvalue weighted by Gasteiger charge is 2.60. The number of thioether (sulfide) groups is 1. The summed E-state index contributed by atoms with van der Waals surface area (Å²) in [6.07, 6.45) is 2.36. The molecule has 3 fully saturated rings. The van der Waals surface area contributed by atoms with Crippen molar-refractivity contribution < 1.29 is 29.4 Å². The van der Waals surface area contributed by atoms with Gasteiger partial charge in [-0.15, -0.1) is 16.9 Å². The van der Waals surface area contributed by atoms with E-state index in [0.29, 0.717) is 30.8 Å². The van der Waals surface area contributed by atoms with Gasteiger partial charge in [0.25, 0.3) is 0 Å². The van der Waals surface area contributed by atoms with Gasteiger partial charge in [-0.25, -0.2) is 9.48 Å². The van der Waals surface area contributed by atoms with Crippen LogP contribution in [0.15, 0.2) is 16.9 Å². The van der Waals surface area contributed by atoms with Gasteiger partial charge in [-0.2, -0.15) is 0 Å². The molecule has 39 heavy (non-hydrogen) atoms. The summed E-state index contributed by atoms with van der Waals surface area (Å²) in [7, 11) is 0. The van der Waals surface area contributed by atoms with Crippen molar-refractivity contribution >= 4 is 35.5 Å². The number of nitrogens with two attached hydrogens (primary N) is 1. The van der Waals surface area contributed by atoms with Gasteiger partial charge in [0, 0.05) is 41.2 Å². The molecule has 16 heteroatoms. The predicted molar refractivity (Wildman–Crippen MR) is 136 cm³/mol. The van der Waals surface area contributed by atoms with Gasteiger partial charge in [-0.05, 0) is 30.2 Å². The van der Waals surface area contributed by atoms with Crippen molar-refractivity contribution in [2.45, 2.75) is 68.7 Å². The van der Waals surface area contributed by atoms with Gasteiger partial charge in [-0.1, -0.05) is 6.92 Å². The number of carbonyl (C=O) groups is 4. The first-order valence-corrected chi connectivity index (χ1v) is 13.9. The summed E-state index contributed by atoms with van der Waals surface area (Å²) in [5.74, 6) is -2.81. The standard InChI is InChI=1S/C23H33N9O6S/c1-10-18-17(11(2)27-16(34)7-30-9-26-28-29-30)22(36)32(18)19(23(37)38)20(10)39-14-4-15(25-5-14)21(35)31-6-12(24)3-13(31)8-33/h9-15,17-18,25,33H,3-8,24H2,1-2H3,(H,27,34)(H,37,38)/t10-,11?,12-,13+,14+,15+,17-,18-/m1/s1. The van der Waals surface area contributed by atoms with Crippen LogP contribution >= 0.6 is 11.8 Å². The molecule has 0 saturated carbocycles. The summed E-state index contributed by atoms with van der Waals surface area (Å²) in [6, 6.07) is -1.82. The number of hydrogen-bond donors (Lipinski definition) is 5. The number of tetrazole rings is 1. The molecule has 0 spiro atoms. The van der Waals surface area contributed by atoms with Crippen molar-refractivity contribution in [2.75, 3.05) is 19.7 Å². The van der Waals surface area contributed by atoms with Crippen LogP contribution in [0.1, 0.15) is 26.7 Å². The quantitative estimate of drug-likeness (QED) is 0.195. The highest BCUT2D eigenvalue weighted by Crippen LogP contribution is 2.51. The Morgan fingerprint density at radius 1 is 1.33 bits per heavy atom. The lowest BCUT2D eigenvalue weighted by Crippen LogP contribution is -2.66. The number of likely N-dealkylation sites (tertiary alicyclic amines) is 1. The van der Waals surface area contributed by atoms with Crippen LogP contribution < -0.4 is 16.4 Å². The number of carboxylic acids is 1. The van der Waals surface area contributed by atoms with Gasteiger partial charge in [-0.3, -0.25) is 14.4 Å². The van der Waals surface area contributed by atoms with E-state index in [1.54, 1.807) is 11.8 Å². The van der Waals surface area contributed by atoms with Crippen LogP contribution in [0.2, 0.25) is 0 Å². The second-order valence-corrected chi connectivity index (χ2v) is 12.0. The minimum Gasteiger partial charge on any atom is -0.477 e. The molecule has 0 bridgehead atoms. The van der Waals surface area contributed by atoms with Crippen molar-refractivity contribution in [3.8, 4) is 0 Å². The molecule has 0 aromatic carbocycles. The summed E-state index contributed by atoms with van der Waals surface area (Å²) in [5.41, 5.74) is 5.98. The Balaban J connectivity index is 1.23. The molecule has 3 amide bonds. The van der Waals surface area contributed by atoms with E-state index in [1.165, 1.54) is 27.7 Å². The molecule has 15 nitrogen and oxygen atoms in total. The lowest BCUT2D eigenvalue weighted by molar-refractivity contribution is -0.158. The van der Waals surface area contributed by atoms with Gasteiger partial charge >= 0.3 is 5.97 Å². The largest absolute Gasteiger partial charge is 0.477 e. The number of β-lactam (4-membered cyclic amide) rings is 1. The van der Waals surface area contributed by atoms with E-state index >= 15 is 0 Å². The van der Waals surface area contributed by atoms with Crippen molar-refractivity contribution in [1.29, 1.82) is 0 Å². The zero-order valence-electron chi connectivity index (χ0n) is 21.6. The number of aliphatic hydroxyl groups excluding tert-OH is 1. The smallest absolute Gasteiger partial charge is 0.353 e. The molecule has 212 valence electrons. The van der Waals surface area contributed by atoms with Gasteiger partial charge in [0.05, 0.1) is 30.7 Å². The van der Waals surface area contributed by atoms with Gasteiger partial charge in [0.2, 0.25) is 17.7 Å². The Morgan fingerprint density at radius 2 is 2.10 bits per heavy atom. The van der Waals surface area contributed by atoms with Crippen molar-refractivity contribution in [3.05, 3.63) is 16.9 Å².